The summed E-state index contributed by atoms with van der Waals surface area (Å²) < 4.78 is 1.12. The van der Waals surface area contributed by atoms with Crippen molar-refractivity contribution in [2.75, 3.05) is 31.1 Å². The minimum Gasteiger partial charge on any atom is -0.368 e. The standard InChI is InChI=1S/C16H20BrN3.ClH/c1-2-3-13-11-16(20-8-6-18-7-9-20)14-10-12(17)4-5-15(14)19-13;/h4-5,10-11,18H,2-3,6-9H2,1H3;1H. The molecule has 0 bridgehead atoms. The number of nitrogens with zero attached hydrogens (tertiary/aromatic N) is 2. The highest BCUT2D eigenvalue weighted by Crippen LogP contribution is 2.30. The summed E-state index contributed by atoms with van der Waals surface area (Å²) in [5, 5.41) is 4.67. The van der Waals surface area contributed by atoms with Crippen LogP contribution in [0.25, 0.3) is 10.9 Å². The first-order valence-electron chi connectivity index (χ1n) is 7.33. The molecule has 1 aliphatic heterocycles. The predicted octanol–water partition coefficient (Wildman–Crippen LogP) is 3.78. The zero-order valence-electron chi connectivity index (χ0n) is 12.2. The van der Waals surface area contributed by atoms with E-state index in [1.165, 1.54) is 16.8 Å². The number of anilines is 1. The van der Waals surface area contributed by atoms with Crippen LogP contribution >= 0.6 is 28.3 Å². The fourth-order valence-electron chi connectivity index (χ4n) is 2.79. The minimum absolute atomic E-state index is 0. The number of halogens is 2. The van der Waals surface area contributed by atoms with Gasteiger partial charge in [0, 0.05) is 47.4 Å². The Hall–Kier alpha value is -0.840. The van der Waals surface area contributed by atoms with Crippen LogP contribution in [-0.2, 0) is 6.42 Å². The Bertz CT molecular complexity index is 612. The van der Waals surface area contributed by atoms with E-state index in [4.69, 9.17) is 4.98 Å². The lowest BCUT2D eigenvalue weighted by Gasteiger charge is -2.30. The number of benzene rings is 1. The molecule has 0 aliphatic carbocycles. The summed E-state index contributed by atoms with van der Waals surface area (Å²) in [6.45, 7) is 6.45. The van der Waals surface area contributed by atoms with Crippen molar-refractivity contribution in [2.24, 2.45) is 0 Å². The first kappa shape index (κ1) is 16.5. The highest BCUT2D eigenvalue weighted by Gasteiger charge is 2.15. The van der Waals surface area contributed by atoms with Gasteiger partial charge in [-0.25, -0.2) is 0 Å². The van der Waals surface area contributed by atoms with Crippen molar-refractivity contribution in [3.8, 4) is 0 Å². The van der Waals surface area contributed by atoms with E-state index >= 15 is 0 Å². The van der Waals surface area contributed by atoms with Crippen molar-refractivity contribution < 1.29 is 0 Å². The molecule has 0 radical (unpaired) electrons. The van der Waals surface area contributed by atoms with Gasteiger partial charge < -0.3 is 10.2 Å². The van der Waals surface area contributed by atoms with Gasteiger partial charge in [0.1, 0.15) is 0 Å². The number of pyridine rings is 1. The number of piperazine rings is 1. The number of rotatable bonds is 3. The maximum absolute atomic E-state index is 4.80. The highest BCUT2D eigenvalue weighted by atomic mass is 79.9. The molecular formula is C16H21BrClN3. The summed E-state index contributed by atoms with van der Waals surface area (Å²) in [5.41, 5.74) is 3.64. The summed E-state index contributed by atoms with van der Waals surface area (Å²) in [7, 11) is 0. The Morgan fingerprint density at radius 2 is 2.00 bits per heavy atom. The molecular weight excluding hydrogens is 350 g/mol. The molecule has 1 aliphatic rings. The van der Waals surface area contributed by atoms with Gasteiger partial charge in [0.05, 0.1) is 5.52 Å². The molecule has 2 aromatic rings. The molecule has 1 aromatic carbocycles. The molecule has 1 N–H and O–H groups in total. The van der Waals surface area contributed by atoms with Crippen LogP contribution < -0.4 is 10.2 Å². The zero-order valence-corrected chi connectivity index (χ0v) is 14.6. The van der Waals surface area contributed by atoms with E-state index < -0.39 is 0 Å². The van der Waals surface area contributed by atoms with Crippen LogP contribution in [0.1, 0.15) is 19.0 Å². The van der Waals surface area contributed by atoms with Gasteiger partial charge in [0.15, 0.2) is 0 Å². The molecule has 0 amide bonds. The smallest absolute Gasteiger partial charge is 0.0726 e. The second-order valence-electron chi connectivity index (χ2n) is 5.28. The lowest BCUT2D eigenvalue weighted by atomic mass is 10.1. The van der Waals surface area contributed by atoms with E-state index in [1.54, 1.807) is 0 Å². The number of aromatic nitrogens is 1. The summed E-state index contributed by atoms with van der Waals surface area (Å²) in [6.07, 6.45) is 2.18. The van der Waals surface area contributed by atoms with E-state index in [2.05, 4.69) is 57.3 Å². The second kappa shape index (κ2) is 7.43. The zero-order chi connectivity index (χ0) is 13.9. The van der Waals surface area contributed by atoms with Gasteiger partial charge in [0.25, 0.3) is 0 Å². The first-order chi connectivity index (χ1) is 9.78. The average molecular weight is 371 g/mol. The van der Waals surface area contributed by atoms with Gasteiger partial charge in [-0.1, -0.05) is 29.3 Å². The van der Waals surface area contributed by atoms with E-state index in [1.807, 2.05) is 0 Å². The quantitative estimate of drug-likeness (QED) is 0.891. The van der Waals surface area contributed by atoms with Crippen molar-refractivity contribution in [3.63, 3.8) is 0 Å². The minimum atomic E-state index is 0. The van der Waals surface area contributed by atoms with Crippen LogP contribution in [0.2, 0.25) is 0 Å². The molecule has 1 saturated heterocycles. The third-order valence-corrected chi connectivity index (χ3v) is 4.26. The van der Waals surface area contributed by atoms with Crippen LogP contribution in [-0.4, -0.2) is 31.2 Å². The highest BCUT2D eigenvalue weighted by molar-refractivity contribution is 9.10. The molecule has 21 heavy (non-hydrogen) atoms. The lowest BCUT2D eigenvalue weighted by Crippen LogP contribution is -2.43. The van der Waals surface area contributed by atoms with Crippen LogP contribution in [0.4, 0.5) is 5.69 Å². The molecule has 5 heteroatoms. The van der Waals surface area contributed by atoms with Crippen LogP contribution in [0.3, 0.4) is 0 Å². The molecule has 0 saturated carbocycles. The van der Waals surface area contributed by atoms with Crippen LogP contribution in [0.5, 0.6) is 0 Å². The number of aryl methyl sites for hydroxylation is 1. The van der Waals surface area contributed by atoms with E-state index in [0.29, 0.717) is 0 Å². The van der Waals surface area contributed by atoms with Crippen molar-refractivity contribution >= 4 is 44.9 Å². The van der Waals surface area contributed by atoms with E-state index in [0.717, 1.165) is 49.0 Å². The SMILES string of the molecule is CCCc1cc(N2CCNCC2)c2cc(Br)ccc2n1.Cl. The maximum atomic E-state index is 4.80. The maximum Gasteiger partial charge on any atom is 0.0726 e. The third-order valence-electron chi connectivity index (χ3n) is 3.77. The van der Waals surface area contributed by atoms with E-state index in [-0.39, 0.29) is 12.4 Å². The van der Waals surface area contributed by atoms with Gasteiger partial charge in [-0.3, -0.25) is 4.98 Å². The normalized spacial score (nSPS) is 15.0. The molecule has 0 unspecified atom stereocenters. The van der Waals surface area contributed by atoms with Gasteiger partial charge in [-0.05, 0) is 30.7 Å². The number of fused-ring (bicyclic) bond motifs is 1. The molecule has 3 rings (SSSR count). The van der Waals surface area contributed by atoms with Crippen molar-refractivity contribution in [3.05, 3.63) is 34.4 Å². The van der Waals surface area contributed by atoms with Crippen LogP contribution in [0, 0.1) is 0 Å². The predicted molar refractivity (Wildman–Crippen MR) is 95.8 cm³/mol. The van der Waals surface area contributed by atoms with Gasteiger partial charge in [-0.2, -0.15) is 0 Å². The lowest BCUT2D eigenvalue weighted by molar-refractivity contribution is 0.590. The largest absolute Gasteiger partial charge is 0.368 e. The molecule has 1 fully saturated rings. The number of hydrogen-bond donors (Lipinski definition) is 1. The summed E-state index contributed by atoms with van der Waals surface area (Å²) in [6, 6.07) is 8.66. The molecule has 2 heterocycles. The molecule has 1 aromatic heterocycles. The fourth-order valence-corrected chi connectivity index (χ4v) is 3.15. The molecule has 114 valence electrons. The Balaban J connectivity index is 0.00000161. The van der Waals surface area contributed by atoms with Gasteiger partial charge in [-0.15, -0.1) is 12.4 Å². The van der Waals surface area contributed by atoms with E-state index in [9.17, 15) is 0 Å². The topological polar surface area (TPSA) is 28.2 Å². The van der Waals surface area contributed by atoms with Crippen molar-refractivity contribution in [1.29, 1.82) is 0 Å². The monoisotopic (exact) mass is 369 g/mol. The van der Waals surface area contributed by atoms with Crippen LogP contribution in [0.15, 0.2) is 28.7 Å². The summed E-state index contributed by atoms with van der Waals surface area (Å²) in [5.74, 6) is 0. The number of hydrogen-bond acceptors (Lipinski definition) is 3. The summed E-state index contributed by atoms with van der Waals surface area (Å²) >= 11 is 3.58. The molecule has 3 nitrogen and oxygen atoms in total. The average Bonchev–Trinajstić information content (AvgIpc) is 2.48. The second-order valence-corrected chi connectivity index (χ2v) is 6.20. The Morgan fingerprint density at radius 1 is 1.24 bits per heavy atom. The first-order valence-corrected chi connectivity index (χ1v) is 8.12. The molecule has 0 spiro atoms. The molecule has 0 atom stereocenters. The van der Waals surface area contributed by atoms with Gasteiger partial charge >= 0.3 is 0 Å². The van der Waals surface area contributed by atoms with Gasteiger partial charge in [0.2, 0.25) is 0 Å². The number of nitrogens with one attached hydrogen (secondary N) is 1. The summed E-state index contributed by atoms with van der Waals surface area (Å²) in [4.78, 5) is 7.28. The van der Waals surface area contributed by atoms with Crippen molar-refractivity contribution in [2.45, 2.75) is 19.8 Å². The third kappa shape index (κ3) is 3.68. The van der Waals surface area contributed by atoms with Crippen molar-refractivity contribution in [1.82, 2.24) is 10.3 Å². The Labute approximate surface area is 140 Å². The Kier molecular flexibility index (Phi) is 5.85. The Morgan fingerprint density at radius 3 is 2.71 bits per heavy atom. The fraction of sp³-hybridized carbons (Fsp3) is 0.438.